The van der Waals surface area contributed by atoms with Crippen molar-refractivity contribution < 1.29 is 0 Å². The van der Waals surface area contributed by atoms with Gasteiger partial charge in [-0.25, -0.2) is 0 Å². The van der Waals surface area contributed by atoms with Crippen molar-refractivity contribution in [2.45, 2.75) is 24.1 Å². The summed E-state index contributed by atoms with van der Waals surface area (Å²) in [6, 6.07) is 0. The van der Waals surface area contributed by atoms with Gasteiger partial charge in [0.15, 0.2) is 0 Å². The Balaban J connectivity index is 2.01. The molecule has 3 atom stereocenters. The standard InChI is InChI=1S/C8H11Br/c9-8-6-4-2-1-3-5-7(6)8/h1-2,6-8H,3-5H2/t6-,7+,8-/m1/s1. The van der Waals surface area contributed by atoms with E-state index in [2.05, 4.69) is 28.1 Å². The highest BCUT2D eigenvalue weighted by atomic mass is 79.9. The van der Waals surface area contributed by atoms with Crippen LogP contribution in [0.15, 0.2) is 12.2 Å². The number of hydrogen-bond acceptors (Lipinski definition) is 0. The molecule has 0 bridgehead atoms. The van der Waals surface area contributed by atoms with Crippen molar-refractivity contribution in [3.63, 3.8) is 0 Å². The minimum atomic E-state index is 0.863. The van der Waals surface area contributed by atoms with E-state index in [1.54, 1.807) is 0 Å². The molecule has 1 fully saturated rings. The van der Waals surface area contributed by atoms with Crippen LogP contribution in [-0.2, 0) is 0 Å². The maximum Gasteiger partial charge on any atom is 0.0211 e. The molecule has 0 radical (unpaired) electrons. The Morgan fingerprint density at radius 2 is 2.11 bits per heavy atom. The molecule has 0 aliphatic heterocycles. The first-order chi connectivity index (χ1) is 4.39. The smallest absolute Gasteiger partial charge is 0.0211 e. The Morgan fingerprint density at radius 3 is 3.00 bits per heavy atom. The van der Waals surface area contributed by atoms with Gasteiger partial charge < -0.3 is 0 Å². The van der Waals surface area contributed by atoms with Crippen molar-refractivity contribution in [3.05, 3.63) is 12.2 Å². The average molecular weight is 187 g/mol. The van der Waals surface area contributed by atoms with E-state index in [0.717, 1.165) is 16.7 Å². The van der Waals surface area contributed by atoms with Crippen molar-refractivity contribution in [2.75, 3.05) is 0 Å². The molecule has 0 aromatic heterocycles. The van der Waals surface area contributed by atoms with Crippen molar-refractivity contribution in [3.8, 4) is 0 Å². The lowest BCUT2D eigenvalue weighted by Crippen LogP contribution is -1.76. The zero-order valence-corrected chi connectivity index (χ0v) is 6.97. The predicted octanol–water partition coefficient (Wildman–Crippen LogP) is 2.74. The number of fused-ring (bicyclic) bond motifs is 1. The van der Waals surface area contributed by atoms with Crippen molar-refractivity contribution >= 4 is 15.9 Å². The zero-order chi connectivity index (χ0) is 6.27. The molecule has 0 spiro atoms. The molecule has 0 nitrogen and oxygen atoms in total. The van der Waals surface area contributed by atoms with Gasteiger partial charge in [-0.15, -0.1) is 0 Å². The molecule has 2 rings (SSSR count). The summed E-state index contributed by atoms with van der Waals surface area (Å²) < 4.78 is 0. The second-order valence-corrected chi connectivity index (χ2v) is 4.11. The van der Waals surface area contributed by atoms with Crippen LogP contribution in [0, 0.1) is 11.8 Å². The largest absolute Gasteiger partial charge is 0.0885 e. The van der Waals surface area contributed by atoms with Crippen LogP contribution < -0.4 is 0 Å². The van der Waals surface area contributed by atoms with Crippen LogP contribution in [0.4, 0.5) is 0 Å². The van der Waals surface area contributed by atoms with Gasteiger partial charge in [0.05, 0.1) is 0 Å². The lowest BCUT2D eigenvalue weighted by molar-refractivity contribution is 0.676. The molecule has 1 heteroatoms. The Kier molecular flexibility index (Phi) is 1.40. The first-order valence-electron chi connectivity index (χ1n) is 3.68. The average Bonchev–Trinajstić information content (AvgIpc) is 2.51. The second kappa shape index (κ2) is 2.12. The molecular formula is C8H11Br. The van der Waals surface area contributed by atoms with Crippen LogP contribution in [0.1, 0.15) is 19.3 Å². The van der Waals surface area contributed by atoms with E-state index in [4.69, 9.17) is 0 Å². The molecule has 50 valence electrons. The highest BCUT2D eigenvalue weighted by Crippen LogP contribution is 2.51. The maximum atomic E-state index is 3.68. The number of halogens is 1. The van der Waals surface area contributed by atoms with E-state index >= 15 is 0 Å². The Bertz CT molecular complexity index is 140. The first kappa shape index (κ1) is 5.96. The Labute approximate surface area is 64.5 Å². The fourth-order valence-corrected chi connectivity index (χ4v) is 2.82. The van der Waals surface area contributed by atoms with Crippen LogP contribution in [0.5, 0.6) is 0 Å². The van der Waals surface area contributed by atoms with Gasteiger partial charge in [-0.3, -0.25) is 0 Å². The van der Waals surface area contributed by atoms with Gasteiger partial charge in [-0.05, 0) is 31.1 Å². The quantitative estimate of drug-likeness (QED) is 0.404. The summed E-state index contributed by atoms with van der Waals surface area (Å²) in [7, 11) is 0. The lowest BCUT2D eigenvalue weighted by atomic mass is 10.2. The summed E-state index contributed by atoms with van der Waals surface area (Å²) in [5.41, 5.74) is 0. The number of allylic oxidation sites excluding steroid dienone is 2. The predicted molar refractivity (Wildman–Crippen MR) is 42.7 cm³/mol. The molecule has 0 N–H and O–H groups in total. The summed E-state index contributed by atoms with van der Waals surface area (Å²) in [6.45, 7) is 0. The molecule has 1 saturated carbocycles. The van der Waals surface area contributed by atoms with Crippen molar-refractivity contribution in [2.24, 2.45) is 11.8 Å². The monoisotopic (exact) mass is 186 g/mol. The fourth-order valence-electron chi connectivity index (χ4n) is 1.74. The molecule has 0 heterocycles. The lowest BCUT2D eigenvalue weighted by Gasteiger charge is -1.87. The number of alkyl halides is 1. The summed E-state index contributed by atoms with van der Waals surface area (Å²) >= 11 is 3.68. The number of rotatable bonds is 0. The van der Waals surface area contributed by atoms with Gasteiger partial charge in [0.2, 0.25) is 0 Å². The summed E-state index contributed by atoms with van der Waals surface area (Å²) in [6.07, 6.45) is 8.71. The molecule has 2 aliphatic rings. The third kappa shape index (κ3) is 0.958. The molecule has 0 saturated heterocycles. The molecule has 2 aliphatic carbocycles. The normalized spacial score (nSPS) is 47.9. The van der Waals surface area contributed by atoms with E-state index in [0.29, 0.717) is 0 Å². The van der Waals surface area contributed by atoms with Crippen LogP contribution >= 0.6 is 15.9 Å². The molecule has 9 heavy (non-hydrogen) atoms. The third-order valence-corrected chi connectivity index (χ3v) is 3.83. The first-order valence-corrected chi connectivity index (χ1v) is 4.60. The highest BCUT2D eigenvalue weighted by Gasteiger charge is 2.46. The molecular weight excluding hydrogens is 176 g/mol. The van der Waals surface area contributed by atoms with Crippen LogP contribution in [0.2, 0.25) is 0 Å². The van der Waals surface area contributed by atoms with Crippen molar-refractivity contribution in [1.82, 2.24) is 0 Å². The minimum absolute atomic E-state index is 0.863. The summed E-state index contributed by atoms with van der Waals surface area (Å²) in [4.78, 5) is 0.863. The molecule has 0 amide bonds. The van der Waals surface area contributed by atoms with E-state index in [1.165, 1.54) is 19.3 Å². The van der Waals surface area contributed by atoms with Gasteiger partial charge in [0, 0.05) is 4.83 Å². The van der Waals surface area contributed by atoms with E-state index in [1.807, 2.05) is 0 Å². The summed E-state index contributed by atoms with van der Waals surface area (Å²) in [5, 5.41) is 0. The topological polar surface area (TPSA) is 0 Å². The fraction of sp³-hybridized carbons (Fsp3) is 0.750. The van der Waals surface area contributed by atoms with Crippen LogP contribution in [0.3, 0.4) is 0 Å². The SMILES string of the molecule is Br[C@H]1[C@H]2CCC=CC[C@@H]12. The van der Waals surface area contributed by atoms with Gasteiger partial charge >= 0.3 is 0 Å². The van der Waals surface area contributed by atoms with Crippen LogP contribution in [0.25, 0.3) is 0 Å². The minimum Gasteiger partial charge on any atom is -0.0885 e. The highest BCUT2D eigenvalue weighted by molar-refractivity contribution is 9.09. The van der Waals surface area contributed by atoms with Gasteiger partial charge in [-0.1, -0.05) is 28.1 Å². The Morgan fingerprint density at radius 1 is 1.22 bits per heavy atom. The zero-order valence-electron chi connectivity index (χ0n) is 5.39. The molecule has 0 unspecified atom stereocenters. The van der Waals surface area contributed by atoms with Crippen LogP contribution in [-0.4, -0.2) is 4.83 Å². The van der Waals surface area contributed by atoms with Gasteiger partial charge in [0.25, 0.3) is 0 Å². The Hall–Kier alpha value is 0.220. The van der Waals surface area contributed by atoms with Crippen molar-refractivity contribution in [1.29, 1.82) is 0 Å². The maximum absolute atomic E-state index is 3.68. The van der Waals surface area contributed by atoms with Gasteiger partial charge in [0.1, 0.15) is 0 Å². The van der Waals surface area contributed by atoms with Gasteiger partial charge in [-0.2, -0.15) is 0 Å². The molecule has 0 aromatic carbocycles. The van der Waals surface area contributed by atoms with E-state index < -0.39 is 0 Å². The second-order valence-electron chi connectivity index (χ2n) is 3.06. The number of hydrogen-bond donors (Lipinski definition) is 0. The van der Waals surface area contributed by atoms with E-state index in [-0.39, 0.29) is 0 Å². The summed E-state index contributed by atoms with van der Waals surface area (Å²) in [5.74, 6) is 2.00. The third-order valence-electron chi connectivity index (χ3n) is 2.47. The van der Waals surface area contributed by atoms with E-state index in [9.17, 15) is 0 Å². The molecule has 0 aromatic rings.